The number of alkyl halides is 1. The van der Waals surface area contributed by atoms with Gasteiger partial charge < -0.3 is 0 Å². The molecular formula is C14H24ClN3. The summed E-state index contributed by atoms with van der Waals surface area (Å²) in [6, 6.07) is 0. The Balaban J connectivity index is 2.04. The van der Waals surface area contributed by atoms with Crippen LogP contribution in [0.1, 0.15) is 45.9 Å². The SMILES string of the molecule is Cn1ncnc1CC1CC(C(C)(C)C)CCC1Cl. The lowest BCUT2D eigenvalue weighted by Gasteiger charge is -2.39. The molecule has 0 saturated heterocycles. The first-order valence-electron chi connectivity index (χ1n) is 6.85. The molecule has 1 fully saturated rings. The highest BCUT2D eigenvalue weighted by atomic mass is 35.5. The number of aryl methyl sites for hydroxylation is 1. The smallest absolute Gasteiger partial charge is 0.138 e. The van der Waals surface area contributed by atoms with E-state index < -0.39 is 0 Å². The fourth-order valence-corrected chi connectivity index (χ4v) is 3.28. The van der Waals surface area contributed by atoms with E-state index in [9.17, 15) is 0 Å². The second kappa shape index (κ2) is 5.20. The topological polar surface area (TPSA) is 30.7 Å². The predicted molar refractivity (Wildman–Crippen MR) is 74.6 cm³/mol. The van der Waals surface area contributed by atoms with Crippen LogP contribution < -0.4 is 0 Å². The Morgan fingerprint density at radius 1 is 1.39 bits per heavy atom. The van der Waals surface area contributed by atoms with Gasteiger partial charge in [-0.3, -0.25) is 4.68 Å². The van der Waals surface area contributed by atoms with E-state index in [1.807, 2.05) is 11.7 Å². The van der Waals surface area contributed by atoms with Crippen molar-refractivity contribution in [1.29, 1.82) is 0 Å². The highest BCUT2D eigenvalue weighted by Crippen LogP contribution is 2.42. The Kier molecular flexibility index (Phi) is 4.00. The first kappa shape index (κ1) is 13.9. The number of rotatable bonds is 2. The molecule has 102 valence electrons. The van der Waals surface area contributed by atoms with Crippen molar-refractivity contribution in [3.63, 3.8) is 0 Å². The molecular weight excluding hydrogens is 246 g/mol. The summed E-state index contributed by atoms with van der Waals surface area (Å²) in [5.74, 6) is 2.36. The second-order valence-electron chi connectivity index (χ2n) is 6.66. The highest BCUT2D eigenvalue weighted by molar-refractivity contribution is 6.20. The van der Waals surface area contributed by atoms with Crippen molar-refractivity contribution in [3.8, 4) is 0 Å². The van der Waals surface area contributed by atoms with Crippen LogP contribution in [0.15, 0.2) is 6.33 Å². The van der Waals surface area contributed by atoms with E-state index in [1.54, 1.807) is 6.33 Å². The molecule has 3 nitrogen and oxygen atoms in total. The summed E-state index contributed by atoms with van der Waals surface area (Å²) >= 11 is 6.51. The molecule has 1 aromatic rings. The van der Waals surface area contributed by atoms with Gasteiger partial charge in [0.05, 0.1) is 0 Å². The van der Waals surface area contributed by atoms with Crippen molar-refractivity contribution in [2.24, 2.45) is 24.3 Å². The average Bonchev–Trinajstić information content (AvgIpc) is 2.66. The normalized spacial score (nSPS) is 29.5. The fourth-order valence-electron chi connectivity index (χ4n) is 2.96. The van der Waals surface area contributed by atoms with Crippen molar-refractivity contribution in [2.45, 2.75) is 51.8 Å². The molecule has 0 aliphatic heterocycles. The van der Waals surface area contributed by atoms with Gasteiger partial charge in [0.2, 0.25) is 0 Å². The molecule has 0 bridgehead atoms. The summed E-state index contributed by atoms with van der Waals surface area (Å²) in [6.45, 7) is 7.02. The number of hydrogen-bond donors (Lipinski definition) is 0. The zero-order valence-corrected chi connectivity index (χ0v) is 12.6. The maximum atomic E-state index is 6.51. The fraction of sp³-hybridized carbons (Fsp3) is 0.857. The van der Waals surface area contributed by atoms with Crippen LogP contribution in [-0.2, 0) is 13.5 Å². The quantitative estimate of drug-likeness (QED) is 0.770. The summed E-state index contributed by atoms with van der Waals surface area (Å²) < 4.78 is 1.87. The molecule has 1 aliphatic rings. The van der Waals surface area contributed by atoms with Crippen LogP contribution in [0.5, 0.6) is 0 Å². The van der Waals surface area contributed by atoms with E-state index in [0.29, 0.717) is 16.7 Å². The Bertz CT molecular complexity index is 394. The second-order valence-corrected chi connectivity index (χ2v) is 7.22. The molecule has 0 N–H and O–H groups in total. The molecule has 0 spiro atoms. The Morgan fingerprint density at radius 3 is 2.67 bits per heavy atom. The summed E-state index contributed by atoms with van der Waals surface area (Å²) in [5.41, 5.74) is 0.384. The monoisotopic (exact) mass is 269 g/mol. The lowest BCUT2D eigenvalue weighted by molar-refractivity contribution is 0.142. The third kappa shape index (κ3) is 3.05. The molecule has 1 aromatic heterocycles. The van der Waals surface area contributed by atoms with Crippen LogP contribution in [0.4, 0.5) is 0 Å². The molecule has 3 atom stereocenters. The summed E-state index contributed by atoms with van der Waals surface area (Å²) in [5, 5.41) is 4.43. The van der Waals surface area contributed by atoms with Gasteiger partial charge >= 0.3 is 0 Å². The third-order valence-electron chi connectivity index (χ3n) is 4.36. The lowest BCUT2D eigenvalue weighted by Crippen LogP contribution is -2.33. The van der Waals surface area contributed by atoms with Gasteiger partial charge in [-0.15, -0.1) is 11.6 Å². The van der Waals surface area contributed by atoms with E-state index in [1.165, 1.54) is 12.8 Å². The van der Waals surface area contributed by atoms with Crippen molar-refractivity contribution < 1.29 is 0 Å². The molecule has 18 heavy (non-hydrogen) atoms. The molecule has 4 heteroatoms. The lowest BCUT2D eigenvalue weighted by atomic mass is 9.68. The predicted octanol–water partition coefficient (Wildman–Crippen LogP) is 3.43. The van der Waals surface area contributed by atoms with E-state index >= 15 is 0 Å². The summed E-state index contributed by atoms with van der Waals surface area (Å²) in [6.07, 6.45) is 6.18. The van der Waals surface area contributed by atoms with Gasteiger partial charge in [-0.2, -0.15) is 5.10 Å². The zero-order chi connectivity index (χ0) is 13.3. The molecule has 0 aromatic carbocycles. The van der Waals surface area contributed by atoms with E-state index in [4.69, 9.17) is 11.6 Å². The van der Waals surface area contributed by atoms with Gasteiger partial charge in [-0.25, -0.2) is 4.98 Å². The molecule has 1 saturated carbocycles. The molecule has 0 radical (unpaired) electrons. The van der Waals surface area contributed by atoms with E-state index in [0.717, 1.165) is 24.6 Å². The van der Waals surface area contributed by atoms with Crippen LogP contribution in [0, 0.1) is 17.3 Å². The van der Waals surface area contributed by atoms with Gasteiger partial charge in [-0.05, 0) is 36.5 Å². The van der Waals surface area contributed by atoms with Crippen LogP contribution >= 0.6 is 11.6 Å². The number of nitrogens with zero attached hydrogens (tertiary/aromatic N) is 3. The van der Waals surface area contributed by atoms with Gasteiger partial charge in [-0.1, -0.05) is 20.8 Å². The first-order chi connectivity index (χ1) is 8.38. The van der Waals surface area contributed by atoms with Crippen LogP contribution in [-0.4, -0.2) is 20.1 Å². The molecule has 1 aliphatic carbocycles. The van der Waals surface area contributed by atoms with Crippen LogP contribution in [0.2, 0.25) is 0 Å². The Hall–Kier alpha value is -0.570. The van der Waals surface area contributed by atoms with Crippen molar-refractivity contribution >= 4 is 11.6 Å². The van der Waals surface area contributed by atoms with Gasteiger partial charge in [0.25, 0.3) is 0 Å². The first-order valence-corrected chi connectivity index (χ1v) is 7.28. The van der Waals surface area contributed by atoms with Crippen molar-refractivity contribution in [3.05, 3.63) is 12.2 Å². The Morgan fingerprint density at radius 2 is 2.11 bits per heavy atom. The minimum Gasteiger partial charge on any atom is -0.253 e. The number of aromatic nitrogens is 3. The maximum Gasteiger partial charge on any atom is 0.138 e. The van der Waals surface area contributed by atoms with E-state index in [2.05, 4.69) is 30.9 Å². The van der Waals surface area contributed by atoms with E-state index in [-0.39, 0.29) is 0 Å². The molecule has 1 heterocycles. The zero-order valence-electron chi connectivity index (χ0n) is 11.9. The highest BCUT2D eigenvalue weighted by Gasteiger charge is 2.35. The summed E-state index contributed by atoms with van der Waals surface area (Å²) in [7, 11) is 1.95. The summed E-state index contributed by atoms with van der Waals surface area (Å²) in [4.78, 5) is 4.32. The Labute approximate surface area is 115 Å². The van der Waals surface area contributed by atoms with Gasteiger partial charge in [0.15, 0.2) is 0 Å². The molecule has 0 amide bonds. The molecule has 3 unspecified atom stereocenters. The number of hydrogen-bond acceptors (Lipinski definition) is 2. The van der Waals surface area contributed by atoms with Crippen LogP contribution in [0.3, 0.4) is 0 Å². The minimum absolute atomic E-state index is 0.292. The largest absolute Gasteiger partial charge is 0.253 e. The van der Waals surface area contributed by atoms with Crippen molar-refractivity contribution in [1.82, 2.24) is 14.8 Å². The number of halogens is 1. The molecule has 2 rings (SSSR count). The van der Waals surface area contributed by atoms with Gasteiger partial charge in [0, 0.05) is 18.8 Å². The average molecular weight is 270 g/mol. The minimum atomic E-state index is 0.292. The van der Waals surface area contributed by atoms with Crippen molar-refractivity contribution in [2.75, 3.05) is 0 Å². The third-order valence-corrected chi connectivity index (χ3v) is 4.94. The maximum absolute atomic E-state index is 6.51. The standard InChI is InChI=1S/C14H24ClN3/c1-14(2,3)11-5-6-12(15)10(7-11)8-13-16-9-17-18(13)4/h9-12H,5-8H2,1-4H3. The van der Waals surface area contributed by atoms with Gasteiger partial charge in [0.1, 0.15) is 12.2 Å². The van der Waals surface area contributed by atoms with Crippen LogP contribution in [0.25, 0.3) is 0 Å².